The van der Waals surface area contributed by atoms with Gasteiger partial charge in [-0.15, -0.1) is 0 Å². The number of nitrogens with one attached hydrogen (secondary N) is 1. The summed E-state index contributed by atoms with van der Waals surface area (Å²) in [7, 11) is 0. The summed E-state index contributed by atoms with van der Waals surface area (Å²) < 4.78 is 37.2. The molecule has 2 unspecified atom stereocenters. The Labute approximate surface area is 131 Å². The molecule has 2 atom stereocenters. The van der Waals surface area contributed by atoms with Crippen molar-refractivity contribution in [2.45, 2.75) is 50.4 Å². The Morgan fingerprint density at radius 2 is 1.96 bits per heavy atom. The second-order valence-electron chi connectivity index (χ2n) is 5.34. The fourth-order valence-corrected chi connectivity index (χ4v) is 2.48. The smallest absolute Gasteiger partial charge is 0.471 e. The van der Waals surface area contributed by atoms with Gasteiger partial charge in [0.1, 0.15) is 12.1 Å². The van der Waals surface area contributed by atoms with Gasteiger partial charge in [0.25, 0.3) is 0 Å². The molecule has 2 amide bonds. The zero-order valence-corrected chi connectivity index (χ0v) is 12.4. The number of rotatable bonds is 7. The van der Waals surface area contributed by atoms with Gasteiger partial charge in [-0.25, -0.2) is 4.79 Å². The number of unbranched alkanes of at least 4 members (excludes halogenated alkanes) is 1. The largest absolute Gasteiger partial charge is 0.480 e. The Hall–Kier alpha value is -1.84. The predicted octanol–water partition coefficient (Wildman–Crippen LogP) is 0.238. The molecule has 132 valence electrons. The van der Waals surface area contributed by atoms with Crippen LogP contribution in [0.2, 0.25) is 0 Å². The highest BCUT2D eigenvalue weighted by Gasteiger charge is 2.43. The third kappa shape index (κ3) is 5.38. The van der Waals surface area contributed by atoms with E-state index >= 15 is 0 Å². The minimum Gasteiger partial charge on any atom is -0.480 e. The molecule has 23 heavy (non-hydrogen) atoms. The van der Waals surface area contributed by atoms with Crippen molar-refractivity contribution in [1.29, 1.82) is 0 Å². The van der Waals surface area contributed by atoms with Gasteiger partial charge >= 0.3 is 18.1 Å². The lowest BCUT2D eigenvalue weighted by Crippen LogP contribution is -2.54. The molecule has 0 aromatic heterocycles. The highest BCUT2D eigenvalue weighted by Crippen LogP contribution is 2.21. The van der Waals surface area contributed by atoms with Gasteiger partial charge in [-0.05, 0) is 38.6 Å². The number of carbonyl (C=O) groups excluding carboxylic acids is 2. The number of aliphatic carboxylic acids is 1. The Morgan fingerprint density at radius 1 is 1.30 bits per heavy atom. The van der Waals surface area contributed by atoms with Crippen LogP contribution in [0.3, 0.4) is 0 Å². The first-order valence-corrected chi connectivity index (χ1v) is 7.29. The Kier molecular flexibility index (Phi) is 6.79. The van der Waals surface area contributed by atoms with E-state index in [4.69, 9.17) is 10.8 Å². The second kappa shape index (κ2) is 8.14. The first kappa shape index (κ1) is 19.2. The standard InChI is InChI=1S/C13H20F3N3O4/c14-13(15,16)12(23)18-8(4-1-2-6-17)10(20)19-7-3-5-9(19)11(21)22/h8-9H,1-7,17H2,(H,18,23)(H,21,22). The molecule has 0 aliphatic carbocycles. The van der Waals surface area contributed by atoms with Crippen LogP contribution in [0.5, 0.6) is 0 Å². The lowest BCUT2D eigenvalue weighted by Gasteiger charge is -2.27. The number of carboxylic acids is 1. The predicted molar refractivity (Wildman–Crippen MR) is 73.3 cm³/mol. The summed E-state index contributed by atoms with van der Waals surface area (Å²) in [5, 5.41) is 10.7. The van der Waals surface area contributed by atoms with Gasteiger partial charge in [0.2, 0.25) is 5.91 Å². The Bertz CT molecular complexity index is 456. The molecule has 1 fully saturated rings. The van der Waals surface area contributed by atoms with E-state index in [1.165, 1.54) is 0 Å². The second-order valence-corrected chi connectivity index (χ2v) is 5.34. The van der Waals surface area contributed by atoms with Crippen LogP contribution in [0.4, 0.5) is 13.2 Å². The molecule has 1 rings (SSSR count). The van der Waals surface area contributed by atoms with Crippen molar-refractivity contribution in [3.63, 3.8) is 0 Å². The highest BCUT2D eigenvalue weighted by atomic mass is 19.4. The normalized spacial score (nSPS) is 19.5. The molecule has 1 aliphatic rings. The molecule has 1 saturated heterocycles. The van der Waals surface area contributed by atoms with Crippen molar-refractivity contribution < 1.29 is 32.7 Å². The third-order valence-corrected chi connectivity index (χ3v) is 3.63. The van der Waals surface area contributed by atoms with Crippen LogP contribution in [0.15, 0.2) is 0 Å². The summed E-state index contributed by atoms with van der Waals surface area (Å²) >= 11 is 0. The molecule has 10 heteroatoms. The van der Waals surface area contributed by atoms with E-state index in [2.05, 4.69) is 0 Å². The number of nitrogens with zero attached hydrogens (tertiary/aromatic N) is 1. The SMILES string of the molecule is NCCCCC(NC(=O)C(F)(F)F)C(=O)N1CCCC1C(=O)O. The van der Waals surface area contributed by atoms with Crippen molar-refractivity contribution in [3.05, 3.63) is 0 Å². The number of halogens is 3. The Balaban J connectivity index is 2.83. The molecule has 4 N–H and O–H groups in total. The number of amides is 2. The molecule has 7 nitrogen and oxygen atoms in total. The maximum atomic E-state index is 12.4. The van der Waals surface area contributed by atoms with Crippen LogP contribution in [0.1, 0.15) is 32.1 Å². The number of nitrogens with two attached hydrogens (primary N) is 1. The molecule has 1 aliphatic heterocycles. The number of likely N-dealkylation sites (tertiary alicyclic amines) is 1. The van der Waals surface area contributed by atoms with E-state index in [1.54, 1.807) is 5.32 Å². The van der Waals surface area contributed by atoms with Crippen molar-refractivity contribution >= 4 is 17.8 Å². The third-order valence-electron chi connectivity index (χ3n) is 3.63. The average Bonchev–Trinajstić information content (AvgIpc) is 2.94. The molecule has 0 aromatic carbocycles. The lowest BCUT2D eigenvalue weighted by molar-refractivity contribution is -0.175. The van der Waals surface area contributed by atoms with Gasteiger partial charge in [0.15, 0.2) is 0 Å². The number of alkyl halides is 3. The number of hydrogen-bond acceptors (Lipinski definition) is 4. The quantitative estimate of drug-likeness (QED) is 0.575. The van der Waals surface area contributed by atoms with Crippen LogP contribution in [-0.4, -0.2) is 59.1 Å². The van der Waals surface area contributed by atoms with E-state index in [9.17, 15) is 27.6 Å². The first-order valence-electron chi connectivity index (χ1n) is 7.29. The van der Waals surface area contributed by atoms with E-state index in [-0.39, 0.29) is 19.4 Å². The maximum absolute atomic E-state index is 12.4. The van der Waals surface area contributed by atoms with E-state index in [0.29, 0.717) is 25.8 Å². The molecule has 0 bridgehead atoms. The molecule has 0 radical (unpaired) electrons. The summed E-state index contributed by atoms with van der Waals surface area (Å²) in [4.78, 5) is 35.6. The zero-order valence-electron chi connectivity index (χ0n) is 12.4. The van der Waals surface area contributed by atoms with Gasteiger partial charge < -0.3 is 21.1 Å². The number of carbonyl (C=O) groups is 3. The molecule has 1 heterocycles. The van der Waals surface area contributed by atoms with Gasteiger partial charge in [-0.3, -0.25) is 9.59 Å². The van der Waals surface area contributed by atoms with Crippen LogP contribution in [0.25, 0.3) is 0 Å². The van der Waals surface area contributed by atoms with Crippen molar-refractivity contribution in [2.24, 2.45) is 5.73 Å². The van der Waals surface area contributed by atoms with Gasteiger partial charge in [-0.2, -0.15) is 13.2 Å². The topological polar surface area (TPSA) is 113 Å². The van der Waals surface area contributed by atoms with Gasteiger partial charge in [-0.1, -0.05) is 0 Å². The minimum atomic E-state index is -5.11. The average molecular weight is 339 g/mol. The molecular weight excluding hydrogens is 319 g/mol. The van der Waals surface area contributed by atoms with Crippen molar-refractivity contribution in [2.75, 3.05) is 13.1 Å². The minimum absolute atomic E-state index is 0.0271. The molecular formula is C13H20F3N3O4. The van der Waals surface area contributed by atoms with Crippen LogP contribution in [-0.2, 0) is 14.4 Å². The highest BCUT2D eigenvalue weighted by molar-refractivity contribution is 5.92. The molecule has 0 aromatic rings. The van der Waals surface area contributed by atoms with E-state index < -0.39 is 36.0 Å². The van der Waals surface area contributed by atoms with E-state index in [0.717, 1.165) is 4.90 Å². The number of carboxylic acid groups (broad SMARTS) is 1. The van der Waals surface area contributed by atoms with E-state index in [1.807, 2.05) is 0 Å². The lowest BCUT2D eigenvalue weighted by atomic mass is 10.1. The summed E-state index contributed by atoms with van der Waals surface area (Å²) in [5.41, 5.74) is 5.30. The number of hydrogen-bond donors (Lipinski definition) is 3. The van der Waals surface area contributed by atoms with Crippen LogP contribution < -0.4 is 11.1 Å². The van der Waals surface area contributed by atoms with Gasteiger partial charge in [0.05, 0.1) is 0 Å². The maximum Gasteiger partial charge on any atom is 0.471 e. The van der Waals surface area contributed by atoms with Crippen molar-refractivity contribution in [3.8, 4) is 0 Å². The summed E-state index contributed by atoms with van der Waals surface area (Å²) in [5.74, 6) is -4.22. The summed E-state index contributed by atoms with van der Waals surface area (Å²) in [6.07, 6.45) is -3.62. The molecule has 0 saturated carbocycles. The van der Waals surface area contributed by atoms with Gasteiger partial charge in [0, 0.05) is 6.54 Å². The summed E-state index contributed by atoms with van der Waals surface area (Å²) in [6.45, 7) is 0.445. The van der Waals surface area contributed by atoms with Crippen LogP contribution >= 0.6 is 0 Å². The Morgan fingerprint density at radius 3 is 2.48 bits per heavy atom. The van der Waals surface area contributed by atoms with Crippen molar-refractivity contribution in [1.82, 2.24) is 10.2 Å². The zero-order chi connectivity index (χ0) is 17.6. The van der Waals surface area contributed by atoms with Crippen LogP contribution in [0, 0.1) is 0 Å². The monoisotopic (exact) mass is 339 g/mol. The fraction of sp³-hybridized carbons (Fsp3) is 0.769. The fourth-order valence-electron chi connectivity index (χ4n) is 2.48. The first-order chi connectivity index (χ1) is 10.7. The summed E-state index contributed by atoms with van der Waals surface area (Å²) in [6, 6.07) is -2.47. The molecule has 0 spiro atoms.